The quantitative estimate of drug-likeness (QED) is 0.688. The zero-order valence-electron chi connectivity index (χ0n) is 7.54. The van der Waals surface area contributed by atoms with Crippen molar-refractivity contribution in [3.63, 3.8) is 0 Å². The largest absolute Gasteiger partial charge is 0.361 e. The molecule has 1 aliphatic heterocycles. The van der Waals surface area contributed by atoms with Gasteiger partial charge in [-0.05, 0) is 6.92 Å². The van der Waals surface area contributed by atoms with Crippen molar-refractivity contribution < 1.29 is 9.32 Å². The van der Waals surface area contributed by atoms with Crippen LogP contribution in [0.3, 0.4) is 0 Å². The summed E-state index contributed by atoms with van der Waals surface area (Å²) >= 11 is 0. The van der Waals surface area contributed by atoms with E-state index in [1.165, 1.54) is 0 Å². The van der Waals surface area contributed by atoms with E-state index in [4.69, 9.17) is 4.52 Å². The minimum absolute atomic E-state index is 0.105. The first-order valence-electron chi connectivity index (χ1n) is 4.44. The number of hydrogen-bond acceptors (Lipinski definition) is 4. The van der Waals surface area contributed by atoms with Crippen molar-refractivity contribution in [2.24, 2.45) is 0 Å². The molecule has 2 heterocycles. The van der Waals surface area contributed by atoms with Gasteiger partial charge in [-0.3, -0.25) is 4.79 Å². The average Bonchev–Trinajstić information content (AvgIpc) is 2.53. The Labute approximate surface area is 76.3 Å². The molecule has 1 saturated heterocycles. The van der Waals surface area contributed by atoms with Gasteiger partial charge in [0.1, 0.15) is 11.5 Å². The van der Waals surface area contributed by atoms with Crippen LogP contribution in [0.15, 0.2) is 10.6 Å². The minimum atomic E-state index is -0.105. The summed E-state index contributed by atoms with van der Waals surface area (Å²) in [4.78, 5) is 11.5. The first-order valence-corrected chi connectivity index (χ1v) is 4.44. The van der Waals surface area contributed by atoms with E-state index in [1.807, 2.05) is 13.0 Å². The van der Waals surface area contributed by atoms with Gasteiger partial charge in [-0.15, -0.1) is 0 Å². The Kier molecular flexibility index (Phi) is 2.14. The highest BCUT2D eigenvalue weighted by atomic mass is 16.5. The van der Waals surface area contributed by atoms with E-state index in [0.29, 0.717) is 13.0 Å². The number of aryl methyl sites for hydroxylation is 1. The molecule has 0 bridgehead atoms. The summed E-state index contributed by atoms with van der Waals surface area (Å²) < 4.78 is 4.94. The number of Topliss-reactive ketones (excluding diaryl/α,β-unsaturated/α-hetero) is 1. The molecule has 1 atom stereocenters. The zero-order chi connectivity index (χ0) is 9.26. The molecule has 0 amide bonds. The molecule has 0 aromatic carbocycles. The van der Waals surface area contributed by atoms with Gasteiger partial charge in [0.25, 0.3) is 0 Å². The number of rotatable bonds is 1. The third-order valence-corrected chi connectivity index (χ3v) is 2.29. The number of aromatic nitrogens is 1. The van der Waals surface area contributed by atoms with E-state index >= 15 is 0 Å². The average molecular weight is 180 g/mol. The fourth-order valence-corrected chi connectivity index (χ4v) is 1.57. The summed E-state index contributed by atoms with van der Waals surface area (Å²) in [5.74, 6) is 0.909. The highest BCUT2D eigenvalue weighted by Gasteiger charge is 2.26. The summed E-state index contributed by atoms with van der Waals surface area (Å²) in [5, 5.41) is 7.02. The second-order valence-electron chi connectivity index (χ2n) is 3.34. The molecule has 0 saturated carbocycles. The summed E-state index contributed by atoms with van der Waals surface area (Å²) in [6, 6.07) is 1.83. The first-order chi connectivity index (χ1) is 6.27. The van der Waals surface area contributed by atoms with Crippen LogP contribution in [-0.4, -0.2) is 24.0 Å². The predicted molar refractivity (Wildman–Crippen MR) is 46.5 cm³/mol. The van der Waals surface area contributed by atoms with Gasteiger partial charge in [0.2, 0.25) is 0 Å². The van der Waals surface area contributed by atoms with Crippen molar-refractivity contribution in [1.29, 1.82) is 0 Å². The summed E-state index contributed by atoms with van der Waals surface area (Å²) in [6.07, 6.45) is 0.594. The van der Waals surface area contributed by atoms with Gasteiger partial charge >= 0.3 is 0 Å². The van der Waals surface area contributed by atoms with Gasteiger partial charge in [0, 0.05) is 25.6 Å². The van der Waals surface area contributed by atoms with E-state index in [0.717, 1.165) is 18.0 Å². The Morgan fingerprint density at radius 3 is 3.15 bits per heavy atom. The molecular weight excluding hydrogens is 168 g/mol. The van der Waals surface area contributed by atoms with E-state index in [2.05, 4.69) is 10.5 Å². The SMILES string of the molecule is Cc1cc(C2CNCCC2=O)no1. The van der Waals surface area contributed by atoms with Crippen LogP contribution in [0, 0.1) is 6.92 Å². The molecule has 2 rings (SSSR count). The van der Waals surface area contributed by atoms with Crippen LogP contribution >= 0.6 is 0 Å². The molecule has 1 fully saturated rings. The van der Waals surface area contributed by atoms with Gasteiger partial charge in [-0.1, -0.05) is 5.16 Å². The van der Waals surface area contributed by atoms with E-state index in [-0.39, 0.29) is 11.7 Å². The molecular formula is C9H12N2O2. The third-order valence-electron chi connectivity index (χ3n) is 2.29. The molecule has 1 aromatic rings. The van der Waals surface area contributed by atoms with Crippen LogP contribution < -0.4 is 5.32 Å². The lowest BCUT2D eigenvalue weighted by Gasteiger charge is -2.18. The van der Waals surface area contributed by atoms with Gasteiger partial charge in [-0.2, -0.15) is 0 Å². The summed E-state index contributed by atoms with van der Waals surface area (Å²) in [7, 11) is 0. The Hall–Kier alpha value is -1.16. The number of hydrogen-bond donors (Lipinski definition) is 1. The number of ketones is 1. The molecule has 1 aliphatic rings. The van der Waals surface area contributed by atoms with Crippen LogP contribution in [0.1, 0.15) is 23.8 Å². The fraction of sp³-hybridized carbons (Fsp3) is 0.556. The van der Waals surface area contributed by atoms with E-state index < -0.39 is 0 Å². The maximum Gasteiger partial charge on any atom is 0.144 e. The van der Waals surface area contributed by atoms with E-state index in [9.17, 15) is 4.79 Å². The summed E-state index contributed by atoms with van der Waals surface area (Å²) in [5.41, 5.74) is 0.759. The zero-order valence-corrected chi connectivity index (χ0v) is 7.54. The highest BCUT2D eigenvalue weighted by Crippen LogP contribution is 2.19. The van der Waals surface area contributed by atoms with Crippen molar-refractivity contribution in [2.45, 2.75) is 19.3 Å². The van der Waals surface area contributed by atoms with Gasteiger partial charge in [0.05, 0.1) is 11.6 Å². The monoisotopic (exact) mass is 180 g/mol. The molecule has 1 unspecified atom stereocenters. The van der Waals surface area contributed by atoms with Crippen LogP contribution in [0.5, 0.6) is 0 Å². The number of nitrogens with zero attached hydrogens (tertiary/aromatic N) is 1. The van der Waals surface area contributed by atoms with Crippen molar-refractivity contribution in [2.75, 3.05) is 13.1 Å². The lowest BCUT2D eigenvalue weighted by Crippen LogP contribution is -2.35. The molecule has 1 N–H and O–H groups in total. The second kappa shape index (κ2) is 3.30. The van der Waals surface area contributed by atoms with Gasteiger partial charge in [0.15, 0.2) is 0 Å². The molecule has 4 heteroatoms. The Morgan fingerprint density at radius 1 is 1.69 bits per heavy atom. The maximum absolute atomic E-state index is 11.5. The molecule has 1 aromatic heterocycles. The Bertz CT molecular complexity index is 319. The van der Waals surface area contributed by atoms with Gasteiger partial charge in [-0.25, -0.2) is 0 Å². The second-order valence-corrected chi connectivity index (χ2v) is 3.34. The number of piperidine rings is 1. The topological polar surface area (TPSA) is 55.1 Å². The fourth-order valence-electron chi connectivity index (χ4n) is 1.57. The molecule has 70 valence electrons. The predicted octanol–water partition coefficient (Wildman–Crippen LogP) is 0.629. The van der Waals surface area contributed by atoms with Crippen molar-refractivity contribution in [1.82, 2.24) is 10.5 Å². The minimum Gasteiger partial charge on any atom is -0.361 e. The number of carbonyl (C=O) groups is 1. The van der Waals surface area contributed by atoms with Crippen molar-refractivity contribution >= 4 is 5.78 Å². The molecule has 13 heavy (non-hydrogen) atoms. The Morgan fingerprint density at radius 2 is 2.54 bits per heavy atom. The first kappa shape index (κ1) is 8.44. The summed E-state index contributed by atoms with van der Waals surface area (Å²) in [6.45, 7) is 3.30. The van der Waals surface area contributed by atoms with Crippen molar-refractivity contribution in [3.8, 4) is 0 Å². The van der Waals surface area contributed by atoms with E-state index in [1.54, 1.807) is 0 Å². The maximum atomic E-state index is 11.5. The number of carbonyl (C=O) groups excluding carboxylic acids is 1. The lowest BCUT2D eigenvalue weighted by atomic mass is 9.95. The van der Waals surface area contributed by atoms with Gasteiger partial charge < -0.3 is 9.84 Å². The van der Waals surface area contributed by atoms with Crippen LogP contribution in [-0.2, 0) is 4.79 Å². The van der Waals surface area contributed by atoms with Crippen LogP contribution in [0.2, 0.25) is 0 Å². The van der Waals surface area contributed by atoms with Crippen LogP contribution in [0.4, 0.5) is 0 Å². The third kappa shape index (κ3) is 1.62. The highest BCUT2D eigenvalue weighted by molar-refractivity contribution is 5.86. The lowest BCUT2D eigenvalue weighted by molar-refractivity contribution is -0.121. The molecule has 0 spiro atoms. The van der Waals surface area contributed by atoms with Crippen LogP contribution in [0.25, 0.3) is 0 Å². The molecule has 0 radical (unpaired) electrons. The molecule has 4 nitrogen and oxygen atoms in total. The normalized spacial score (nSPS) is 23.5. The standard InChI is InChI=1S/C9H12N2O2/c1-6-4-8(11-13-6)7-5-10-3-2-9(7)12/h4,7,10H,2-3,5H2,1H3. The smallest absolute Gasteiger partial charge is 0.144 e. The molecule has 0 aliphatic carbocycles. The number of nitrogens with one attached hydrogen (secondary N) is 1. The van der Waals surface area contributed by atoms with Crippen molar-refractivity contribution in [3.05, 3.63) is 17.5 Å². The Balaban J connectivity index is 2.19.